The summed E-state index contributed by atoms with van der Waals surface area (Å²) in [6.07, 6.45) is 1.56. The van der Waals surface area contributed by atoms with Gasteiger partial charge in [0.25, 0.3) is 0 Å². The number of pyridine rings is 2. The minimum Gasteiger partial charge on any atom is -0.462 e. The number of hydrogen-bond acceptors (Lipinski definition) is 4. The van der Waals surface area contributed by atoms with Crippen molar-refractivity contribution >= 4 is 17.0 Å². The Hall–Kier alpha value is -2.95. The molecule has 0 radical (unpaired) electrons. The van der Waals surface area contributed by atoms with E-state index in [-0.39, 0.29) is 17.6 Å². The number of aryl methyl sites for hydroxylation is 3. The molecule has 2 heterocycles. The van der Waals surface area contributed by atoms with Crippen LogP contribution in [0.25, 0.3) is 11.0 Å². The molecule has 0 amide bonds. The fourth-order valence-electron chi connectivity index (χ4n) is 3.04. The van der Waals surface area contributed by atoms with E-state index in [1.807, 2.05) is 11.5 Å². The molecule has 5 nitrogen and oxygen atoms in total. The number of esters is 1. The van der Waals surface area contributed by atoms with E-state index in [4.69, 9.17) is 4.74 Å². The highest BCUT2D eigenvalue weighted by Gasteiger charge is 2.17. The van der Waals surface area contributed by atoms with Crippen molar-refractivity contribution < 1.29 is 9.53 Å². The summed E-state index contributed by atoms with van der Waals surface area (Å²) in [5.41, 5.74) is 4.54. The van der Waals surface area contributed by atoms with E-state index in [2.05, 4.69) is 37.0 Å². The fourth-order valence-corrected chi connectivity index (χ4v) is 3.04. The van der Waals surface area contributed by atoms with Crippen LogP contribution < -0.4 is 5.43 Å². The molecule has 2 aromatic heterocycles. The van der Waals surface area contributed by atoms with Crippen molar-refractivity contribution in [2.75, 3.05) is 6.61 Å². The quantitative estimate of drug-likeness (QED) is 0.675. The Bertz CT molecular complexity index is 1050. The van der Waals surface area contributed by atoms with Gasteiger partial charge in [-0.1, -0.05) is 23.8 Å². The van der Waals surface area contributed by atoms with E-state index in [0.717, 1.165) is 16.8 Å². The zero-order valence-corrected chi connectivity index (χ0v) is 15.5. The average molecular weight is 350 g/mol. The minimum atomic E-state index is -0.602. The molecule has 0 aliphatic heterocycles. The molecule has 0 aliphatic carbocycles. The third-order valence-corrected chi connectivity index (χ3v) is 4.39. The third-order valence-electron chi connectivity index (χ3n) is 4.39. The number of benzene rings is 1. The Labute approximate surface area is 152 Å². The lowest BCUT2D eigenvalue weighted by Gasteiger charge is -2.14. The van der Waals surface area contributed by atoms with Crippen molar-refractivity contribution in [1.29, 1.82) is 0 Å². The molecule has 0 atom stereocenters. The standard InChI is InChI=1S/C21H22N2O3/c1-5-26-21(25)18-12-23(11-16-8-6-13(2)10-14(16)3)20-17(19(18)24)9-7-15(4)22-20/h6-10,12H,5,11H2,1-4H3. The molecule has 134 valence electrons. The van der Waals surface area contributed by atoms with Crippen LogP contribution in [-0.2, 0) is 11.3 Å². The maximum absolute atomic E-state index is 12.7. The van der Waals surface area contributed by atoms with E-state index < -0.39 is 5.97 Å². The highest BCUT2D eigenvalue weighted by atomic mass is 16.5. The van der Waals surface area contributed by atoms with Gasteiger partial charge in [0.05, 0.1) is 12.0 Å². The average Bonchev–Trinajstić information content (AvgIpc) is 2.59. The van der Waals surface area contributed by atoms with Crippen LogP contribution in [0.1, 0.15) is 39.7 Å². The maximum Gasteiger partial charge on any atom is 0.343 e. The third kappa shape index (κ3) is 3.38. The van der Waals surface area contributed by atoms with Crippen LogP contribution in [-0.4, -0.2) is 22.1 Å². The zero-order valence-electron chi connectivity index (χ0n) is 15.5. The van der Waals surface area contributed by atoms with Gasteiger partial charge in [-0.25, -0.2) is 9.78 Å². The van der Waals surface area contributed by atoms with E-state index in [9.17, 15) is 9.59 Å². The number of carbonyl (C=O) groups is 1. The molecule has 5 heteroatoms. The molecule has 0 unspecified atom stereocenters. The molecule has 1 aromatic carbocycles. The summed E-state index contributed by atoms with van der Waals surface area (Å²) in [6.45, 7) is 8.45. The smallest absolute Gasteiger partial charge is 0.343 e. The van der Waals surface area contributed by atoms with E-state index in [0.29, 0.717) is 17.6 Å². The maximum atomic E-state index is 12.7. The fraction of sp³-hybridized carbons (Fsp3) is 0.286. The summed E-state index contributed by atoms with van der Waals surface area (Å²) in [6, 6.07) is 9.73. The van der Waals surface area contributed by atoms with Crippen molar-refractivity contribution in [3.8, 4) is 0 Å². The minimum absolute atomic E-state index is 0.0368. The molecular formula is C21H22N2O3. The van der Waals surface area contributed by atoms with Crippen molar-refractivity contribution in [2.45, 2.75) is 34.2 Å². The number of rotatable bonds is 4. The monoisotopic (exact) mass is 350 g/mol. The Morgan fingerprint density at radius 1 is 1.15 bits per heavy atom. The zero-order chi connectivity index (χ0) is 18.8. The van der Waals surface area contributed by atoms with Gasteiger partial charge in [0.1, 0.15) is 11.2 Å². The number of fused-ring (bicyclic) bond motifs is 1. The summed E-state index contributed by atoms with van der Waals surface area (Å²) in [5, 5.41) is 0.422. The molecule has 26 heavy (non-hydrogen) atoms. The predicted molar refractivity (Wildman–Crippen MR) is 102 cm³/mol. The Kier molecular flexibility index (Phi) is 4.89. The molecule has 3 aromatic rings. The summed E-state index contributed by atoms with van der Waals surface area (Å²) < 4.78 is 6.91. The molecular weight excluding hydrogens is 328 g/mol. The van der Waals surface area contributed by atoms with E-state index in [1.165, 1.54) is 5.56 Å². The van der Waals surface area contributed by atoms with Crippen LogP contribution >= 0.6 is 0 Å². The molecule has 0 spiro atoms. The molecule has 0 N–H and O–H groups in total. The van der Waals surface area contributed by atoms with Gasteiger partial charge in [-0.05, 0) is 51.0 Å². The number of hydrogen-bond donors (Lipinski definition) is 0. The van der Waals surface area contributed by atoms with E-state index >= 15 is 0 Å². The number of ether oxygens (including phenoxy) is 1. The SMILES string of the molecule is CCOC(=O)c1cn(Cc2ccc(C)cc2C)c2nc(C)ccc2c1=O. The molecule has 0 fully saturated rings. The van der Waals surface area contributed by atoms with Crippen LogP contribution in [0.4, 0.5) is 0 Å². The summed E-state index contributed by atoms with van der Waals surface area (Å²) in [7, 11) is 0. The first-order valence-corrected chi connectivity index (χ1v) is 8.64. The van der Waals surface area contributed by atoms with Crippen molar-refractivity contribution in [2.24, 2.45) is 0 Å². The number of nitrogens with zero attached hydrogens (tertiary/aromatic N) is 2. The number of aromatic nitrogens is 2. The first kappa shape index (κ1) is 17.9. The van der Waals surface area contributed by atoms with Gasteiger partial charge in [-0.3, -0.25) is 4.79 Å². The second-order valence-electron chi connectivity index (χ2n) is 6.47. The lowest BCUT2D eigenvalue weighted by Crippen LogP contribution is -2.22. The van der Waals surface area contributed by atoms with Gasteiger partial charge in [0.2, 0.25) is 5.43 Å². The van der Waals surface area contributed by atoms with Gasteiger partial charge in [-0.15, -0.1) is 0 Å². The molecule has 0 aliphatic rings. The van der Waals surface area contributed by atoms with Crippen molar-refractivity contribution in [3.05, 3.63) is 74.7 Å². The summed E-state index contributed by atoms with van der Waals surface area (Å²) >= 11 is 0. The molecule has 0 saturated heterocycles. The summed E-state index contributed by atoms with van der Waals surface area (Å²) in [4.78, 5) is 29.5. The predicted octanol–water partition coefficient (Wildman–Crippen LogP) is 3.55. The lowest BCUT2D eigenvalue weighted by atomic mass is 10.1. The van der Waals surface area contributed by atoms with Crippen molar-refractivity contribution in [1.82, 2.24) is 9.55 Å². The van der Waals surface area contributed by atoms with Gasteiger partial charge < -0.3 is 9.30 Å². The first-order chi connectivity index (χ1) is 12.4. The van der Waals surface area contributed by atoms with Crippen molar-refractivity contribution in [3.63, 3.8) is 0 Å². The Balaban J connectivity index is 2.21. The highest BCUT2D eigenvalue weighted by Crippen LogP contribution is 2.17. The summed E-state index contributed by atoms with van der Waals surface area (Å²) in [5.74, 6) is -0.602. The van der Waals surface area contributed by atoms with Crippen LogP contribution in [0, 0.1) is 20.8 Å². The molecule has 0 bridgehead atoms. The van der Waals surface area contributed by atoms with Crippen LogP contribution in [0.2, 0.25) is 0 Å². The Morgan fingerprint density at radius 3 is 2.62 bits per heavy atom. The van der Waals surface area contributed by atoms with Crippen LogP contribution in [0.15, 0.2) is 41.3 Å². The second-order valence-corrected chi connectivity index (χ2v) is 6.47. The van der Waals surface area contributed by atoms with Gasteiger partial charge in [0.15, 0.2) is 0 Å². The lowest BCUT2D eigenvalue weighted by molar-refractivity contribution is 0.0524. The molecule has 0 saturated carbocycles. The highest BCUT2D eigenvalue weighted by molar-refractivity contribution is 5.93. The van der Waals surface area contributed by atoms with E-state index in [1.54, 1.807) is 25.3 Å². The van der Waals surface area contributed by atoms with Gasteiger partial charge in [0, 0.05) is 18.4 Å². The number of carbonyl (C=O) groups excluding carboxylic acids is 1. The normalized spacial score (nSPS) is 10.9. The van der Waals surface area contributed by atoms with Crippen LogP contribution in [0.5, 0.6) is 0 Å². The Morgan fingerprint density at radius 2 is 1.92 bits per heavy atom. The molecule has 3 rings (SSSR count). The van der Waals surface area contributed by atoms with Gasteiger partial charge in [-0.2, -0.15) is 0 Å². The first-order valence-electron chi connectivity index (χ1n) is 8.64. The van der Waals surface area contributed by atoms with Crippen LogP contribution in [0.3, 0.4) is 0 Å². The largest absolute Gasteiger partial charge is 0.462 e. The second kappa shape index (κ2) is 7.12. The topological polar surface area (TPSA) is 61.2 Å². The van der Waals surface area contributed by atoms with Gasteiger partial charge >= 0.3 is 5.97 Å².